The highest BCUT2D eigenvalue weighted by Crippen LogP contribution is 2.34. The van der Waals surface area contributed by atoms with E-state index in [1.165, 1.54) is 51.4 Å². The van der Waals surface area contributed by atoms with E-state index in [1.54, 1.807) is 60.7 Å². The van der Waals surface area contributed by atoms with Crippen LogP contribution in [0.5, 0.6) is 11.5 Å². The Labute approximate surface area is 490 Å². The summed E-state index contributed by atoms with van der Waals surface area (Å²) in [5, 5.41) is 1.21. The van der Waals surface area contributed by atoms with E-state index >= 15 is 0 Å². The summed E-state index contributed by atoms with van der Waals surface area (Å²) in [7, 11) is -6.90. The smallest absolute Gasteiger partial charge is 0.229 e. The predicted octanol–water partition coefficient (Wildman–Crippen LogP) is 14.9. The quantitative estimate of drug-likeness (QED) is 0.0281. The lowest BCUT2D eigenvalue weighted by Crippen LogP contribution is -2.28. The molecule has 0 saturated heterocycles. The van der Waals surface area contributed by atoms with Crippen LogP contribution >= 0.6 is 24.8 Å². The van der Waals surface area contributed by atoms with Gasteiger partial charge in [-0.1, -0.05) is 80.1 Å². The van der Waals surface area contributed by atoms with E-state index in [1.807, 2.05) is 24.3 Å². The van der Waals surface area contributed by atoms with Gasteiger partial charge >= 0.3 is 0 Å². The van der Waals surface area contributed by atoms with Gasteiger partial charge in [0.25, 0.3) is 0 Å². The summed E-state index contributed by atoms with van der Waals surface area (Å²) < 4.78 is 76.1. The SMILES string of the molecule is CCCCc1oc2ccc(NS(C)(=O)=O)cc2c1C(=O)c1ccc(OCCCN(CCCC)CCCC)cc1.CCCCc1oc2ccc(NS(C)(=O)=O)cc2c1C(=O)c1ccc(OCCCN(CCCC)CCCC)cc1.Cl.Cl. The molecule has 18 heteroatoms. The number of rotatable bonds is 36. The second kappa shape index (κ2) is 35.7. The minimum absolute atomic E-state index is 0. The maximum absolute atomic E-state index is 13.7. The van der Waals surface area contributed by atoms with E-state index in [2.05, 4.69) is 60.8 Å². The van der Waals surface area contributed by atoms with Crippen LogP contribution in [0.2, 0.25) is 0 Å². The first-order valence-electron chi connectivity index (χ1n) is 28.6. The van der Waals surface area contributed by atoms with E-state index in [-0.39, 0.29) is 36.4 Å². The Morgan fingerprint density at radius 3 is 1.06 bits per heavy atom. The topological polar surface area (TPSA) is 178 Å². The van der Waals surface area contributed by atoms with Crippen molar-refractivity contribution in [3.63, 3.8) is 0 Å². The number of carbonyl (C=O) groups is 2. The molecule has 0 fully saturated rings. The molecule has 0 atom stereocenters. The van der Waals surface area contributed by atoms with Gasteiger partial charge in [0.2, 0.25) is 20.0 Å². The Kier molecular flexibility index (Phi) is 30.9. The van der Waals surface area contributed by atoms with E-state index in [9.17, 15) is 26.4 Å². The van der Waals surface area contributed by atoms with Crippen molar-refractivity contribution >= 4 is 89.7 Å². The molecule has 14 nitrogen and oxygen atoms in total. The number of furan rings is 2. The highest BCUT2D eigenvalue weighted by molar-refractivity contribution is 7.92. The van der Waals surface area contributed by atoms with E-state index in [0.717, 1.165) is 102 Å². The van der Waals surface area contributed by atoms with Crippen LogP contribution in [-0.2, 0) is 32.9 Å². The number of benzene rings is 4. The summed E-state index contributed by atoms with van der Waals surface area (Å²) in [4.78, 5) is 32.4. The molecule has 80 heavy (non-hydrogen) atoms. The summed E-state index contributed by atoms with van der Waals surface area (Å²) in [6.07, 6.45) is 18.8. The molecule has 444 valence electrons. The molecular weight excluding hydrogens is 1100 g/mol. The Balaban J connectivity index is 0.000000410. The number of hydrogen-bond donors (Lipinski definition) is 2. The maximum atomic E-state index is 13.7. The van der Waals surface area contributed by atoms with Gasteiger partial charge in [-0.3, -0.25) is 19.0 Å². The fraction of sp³-hybridized carbons (Fsp3) is 0.516. The summed E-state index contributed by atoms with van der Waals surface area (Å²) >= 11 is 0. The average molecular weight is 1190 g/mol. The lowest BCUT2D eigenvalue weighted by molar-refractivity contribution is 0.103. The van der Waals surface area contributed by atoms with Crippen molar-refractivity contribution in [1.29, 1.82) is 0 Å². The van der Waals surface area contributed by atoms with Crippen LogP contribution in [0, 0.1) is 0 Å². The lowest BCUT2D eigenvalue weighted by Gasteiger charge is -2.21. The highest BCUT2D eigenvalue weighted by Gasteiger charge is 2.25. The van der Waals surface area contributed by atoms with Crippen molar-refractivity contribution in [2.45, 2.75) is 144 Å². The van der Waals surface area contributed by atoms with Crippen molar-refractivity contribution < 1.29 is 44.7 Å². The van der Waals surface area contributed by atoms with Crippen molar-refractivity contribution in [3.05, 3.63) is 119 Å². The van der Waals surface area contributed by atoms with E-state index in [4.69, 9.17) is 18.3 Å². The van der Waals surface area contributed by atoms with E-state index in [0.29, 0.717) is 93.1 Å². The summed E-state index contributed by atoms with van der Waals surface area (Å²) in [6.45, 7) is 21.0. The molecule has 0 spiro atoms. The molecule has 2 N–H and O–H groups in total. The third-order valence-corrected chi connectivity index (χ3v) is 14.6. The fourth-order valence-corrected chi connectivity index (χ4v) is 10.3. The number of fused-ring (bicyclic) bond motifs is 2. The first-order valence-corrected chi connectivity index (χ1v) is 32.4. The monoisotopic (exact) mass is 1180 g/mol. The lowest BCUT2D eigenvalue weighted by atomic mass is 9.98. The normalized spacial score (nSPS) is 11.5. The van der Waals surface area contributed by atoms with Gasteiger partial charge in [0.05, 0.1) is 36.9 Å². The van der Waals surface area contributed by atoms with Crippen molar-refractivity contribution in [1.82, 2.24) is 9.80 Å². The number of hydrogen-bond acceptors (Lipinski definition) is 12. The van der Waals surface area contributed by atoms with Gasteiger partial charge in [0.15, 0.2) is 11.6 Å². The molecule has 0 bridgehead atoms. The highest BCUT2D eigenvalue weighted by atomic mass is 35.5. The third kappa shape index (κ3) is 22.7. The van der Waals surface area contributed by atoms with Gasteiger partial charge in [-0.15, -0.1) is 24.8 Å². The molecular formula is C62H90Cl2N4O10S2. The molecule has 0 aliphatic carbocycles. The summed E-state index contributed by atoms with van der Waals surface area (Å²) in [5.74, 6) is 2.44. The molecule has 0 radical (unpaired) electrons. The third-order valence-electron chi connectivity index (χ3n) is 13.4. The minimum Gasteiger partial charge on any atom is -0.494 e. The predicted molar refractivity (Wildman–Crippen MR) is 334 cm³/mol. The number of ether oxygens (including phenoxy) is 2. The molecule has 0 amide bonds. The molecule has 0 aliphatic rings. The van der Waals surface area contributed by atoms with Gasteiger partial charge < -0.3 is 28.1 Å². The number of unbranched alkanes of at least 4 members (excludes halogenated alkanes) is 6. The van der Waals surface area contributed by atoms with Crippen molar-refractivity contribution in [3.8, 4) is 11.5 Å². The summed E-state index contributed by atoms with van der Waals surface area (Å²) in [5.41, 5.74) is 3.98. The molecule has 0 unspecified atom stereocenters. The van der Waals surface area contributed by atoms with Gasteiger partial charge in [-0.05, 0) is 162 Å². The Morgan fingerprint density at radius 2 is 0.762 bits per heavy atom. The average Bonchev–Trinajstić information content (AvgIpc) is 3.97. The number of nitrogens with zero attached hydrogens (tertiary/aromatic N) is 2. The first kappa shape index (κ1) is 69.2. The van der Waals surface area contributed by atoms with Gasteiger partial charge in [0, 0.05) is 59.2 Å². The zero-order valence-corrected chi connectivity index (χ0v) is 51.9. The standard InChI is InChI=1S/2C31H44N2O5S.2ClH/c2*1-5-8-12-29-30(27-23-25(32-39(4,35)36)15-18-28(27)38-29)31(34)24-13-16-26(17-14-24)37-22-11-21-33(19-9-6-2)20-10-7-3;;/h2*13-18,23,32H,5-12,19-22H2,1-4H3;2*1H. The second-order valence-electron chi connectivity index (χ2n) is 20.4. The maximum Gasteiger partial charge on any atom is 0.229 e. The molecule has 0 aliphatic heterocycles. The summed E-state index contributed by atoms with van der Waals surface area (Å²) in [6, 6.07) is 24.5. The van der Waals surface area contributed by atoms with Crippen LogP contribution in [0.25, 0.3) is 21.9 Å². The molecule has 2 heterocycles. The number of sulfonamides is 2. The Morgan fingerprint density at radius 1 is 0.450 bits per heavy atom. The van der Waals surface area contributed by atoms with Crippen LogP contribution in [0.3, 0.4) is 0 Å². The number of ketones is 2. The molecule has 6 aromatic rings. The van der Waals surface area contributed by atoms with Gasteiger partial charge in [-0.25, -0.2) is 16.8 Å². The minimum atomic E-state index is -3.45. The zero-order chi connectivity index (χ0) is 56.5. The molecule has 0 saturated carbocycles. The van der Waals surface area contributed by atoms with Gasteiger partial charge in [0.1, 0.15) is 34.2 Å². The second-order valence-corrected chi connectivity index (χ2v) is 23.9. The molecule has 6 rings (SSSR count). The number of aryl methyl sites for hydroxylation is 2. The van der Waals surface area contributed by atoms with Crippen molar-refractivity contribution in [2.24, 2.45) is 0 Å². The Bertz CT molecular complexity index is 2800. The van der Waals surface area contributed by atoms with Crippen molar-refractivity contribution in [2.75, 3.05) is 74.4 Å². The van der Waals surface area contributed by atoms with Crippen LogP contribution in [0.1, 0.15) is 175 Å². The molecule has 2 aromatic heterocycles. The molecule has 4 aromatic carbocycles. The number of halogens is 2. The fourth-order valence-electron chi connectivity index (χ4n) is 9.22. The number of anilines is 2. The largest absolute Gasteiger partial charge is 0.494 e. The van der Waals surface area contributed by atoms with Crippen LogP contribution in [0.4, 0.5) is 11.4 Å². The van der Waals surface area contributed by atoms with E-state index < -0.39 is 20.0 Å². The number of nitrogens with one attached hydrogen (secondary N) is 2. The van der Waals surface area contributed by atoms with Crippen LogP contribution in [0.15, 0.2) is 93.8 Å². The van der Waals surface area contributed by atoms with Crippen LogP contribution < -0.4 is 18.9 Å². The van der Waals surface area contributed by atoms with Crippen LogP contribution in [-0.4, -0.2) is 103 Å². The number of carbonyl (C=O) groups excluding carboxylic acids is 2. The first-order chi connectivity index (χ1) is 37.5. The Hall–Kier alpha value is -5.10. The zero-order valence-electron chi connectivity index (χ0n) is 48.7. The van der Waals surface area contributed by atoms with Gasteiger partial charge in [-0.2, -0.15) is 0 Å².